The molecule has 0 spiro atoms. The number of anilines is 1. The van der Waals surface area contributed by atoms with Crippen molar-refractivity contribution in [3.63, 3.8) is 0 Å². The van der Waals surface area contributed by atoms with Gasteiger partial charge in [-0.15, -0.1) is 0 Å². The zero-order chi connectivity index (χ0) is 21.3. The van der Waals surface area contributed by atoms with Gasteiger partial charge in [-0.3, -0.25) is 4.79 Å². The highest BCUT2D eigenvalue weighted by Crippen LogP contribution is 2.38. The number of carbonyl (C=O) groups is 1. The third-order valence-electron chi connectivity index (χ3n) is 5.84. The lowest BCUT2D eigenvalue weighted by Crippen LogP contribution is -2.24. The Balaban J connectivity index is 1.56. The zero-order valence-electron chi connectivity index (χ0n) is 16.9. The summed E-state index contributed by atoms with van der Waals surface area (Å²) in [5, 5.41) is 5.23. The van der Waals surface area contributed by atoms with Crippen LogP contribution in [0.2, 0.25) is 0 Å². The third kappa shape index (κ3) is 4.29. The Morgan fingerprint density at radius 1 is 1.07 bits per heavy atom. The van der Waals surface area contributed by atoms with Crippen LogP contribution in [-0.2, 0) is 14.8 Å². The summed E-state index contributed by atoms with van der Waals surface area (Å²) in [5.74, 6) is 1.32. The van der Waals surface area contributed by atoms with Crippen LogP contribution in [0.3, 0.4) is 0 Å². The fourth-order valence-corrected chi connectivity index (χ4v) is 4.79. The number of amides is 1. The number of nitrogens with zero attached hydrogens (tertiary/aromatic N) is 1. The van der Waals surface area contributed by atoms with Crippen LogP contribution in [0, 0.1) is 0 Å². The van der Waals surface area contributed by atoms with E-state index in [0.717, 1.165) is 18.4 Å². The van der Waals surface area contributed by atoms with Crippen LogP contribution in [0.5, 0.6) is 11.5 Å². The maximum atomic E-state index is 12.7. The fraction of sp³-hybridized carbons (Fsp3) is 0.409. The van der Waals surface area contributed by atoms with Crippen LogP contribution in [-0.4, -0.2) is 34.1 Å². The fourth-order valence-electron chi connectivity index (χ4n) is 4.23. The lowest BCUT2D eigenvalue weighted by Gasteiger charge is -2.19. The molecule has 1 atom stereocenters. The number of nitrogens with two attached hydrogens (primary N) is 1. The van der Waals surface area contributed by atoms with Crippen molar-refractivity contribution < 1.29 is 22.7 Å². The van der Waals surface area contributed by atoms with Gasteiger partial charge in [0.2, 0.25) is 15.9 Å². The first-order chi connectivity index (χ1) is 14.3. The van der Waals surface area contributed by atoms with Crippen molar-refractivity contribution in [2.75, 3.05) is 18.6 Å². The van der Waals surface area contributed by atoms with Crippen molar-refractivity contribution in [2.24, 2.45) is 5.14 Å². The molecule has 0 bridgehead atoms. The second kappa shape index (κ2) is 8.28. The van der Waals surface area contributed by atoms with Crippen molar-refractivity contribution in [3.05, 3.63) is 48.0 Å². The van der Waals surface area contributed by atoms with Crippen LogP contribution in [0.4, 0.5) is 5.69 Å². The molecule has 0 unspecified atom stereocenters. The SMILES string of the molecule is COc1ccc([C@H]2CC(=O)N(c3cccc(S(N)(=O)=O)c3)C2)cc1OC1CCCC1. The molecule has 2 aliphatic rings. The topological polar surface area (TPSA) is 98.9 Å². The summed E-state index contributed by atoms with van der Waals surface area (Å²) in [7, 11) is -2.21. The van der Waals surface area contributed by atoms with Gasteiger partial charge in [-0.05, 0) is 61.6 Å². The molecular formula is C22H26N2O5S. The number of primary sulfonamides is 1. The summed E-state index contributed by atoms with van der Waals surface area (Å²) >= 11 is 0. The number of hydrogen-bond donors (Lipinski definition) is 1. The highest BCUT2D eigenvalue weighted by molar-refractivity contribution is 7.89. The molecule has 160 valence electrons. The predicted molar refractivity (Wildman–Crippen MR) is 113 cm³/mol. The number of rotatable bonds is 6. The molecule has 0 aromatic heterocycles. The third-order valence-corrected chi connectivity index (χ3v) is 6.75. The van der Waals surface area contributed by atoms with E-state index in [1.54, 1.807) is 24.1 Å². The quantitative estimate of drug-likeness (QED) is 0.759. The number of carbonyl (C=O) groups excluding carboxylic acids is 1. The average Bonchev–Trinajstić information content (AvgIpc) is 3.37. The zero-order valence-corrected chi connectivity index (χ0v) is 17.7. The van der Waals surface area contributed by atoms with Crippen LogP contribution in [0.1, 0.15) is 43.6 Å². The molecule has 7 nitrogen and oxygen atoms in total. The maximum absolute atomic E-state index is 12.7. The van der Waals surface area contributed by atoms with Gasteiger partial charge in [0.15, 0.2) is 11.5 Å². The molecule has 1 aliphatic carbocycles. The Bertz CT molecular complexity index is 1050. The molecule has 30 heavy (non-hydrogen) atoms. The van der Waals surface area contributed by atoms with Gasteiger partial charge in [-0.1, -0.05) is 12.1 Å². The summed E-state index contributed by atoms with van der Waals surface area (Å²) in [6, 6.07) is 12.0. The smallest absolute Gasteiger partial charge is 0.238 e. The molecule has 1 aliphatic heterocycles. The van der Waals surface area contributed by atoms with E-state index in [1.165, 1.54) is 25.0 Å². The Morgan fingerprint density at radius 2 is 1.83 bits per heavy atom. The minimum atomic E-state index is -3.83. The monoisotopic (exact) mass is 430 g/mol. The van der Waals surface area contributed by atoms with Gasteiger partial charge in [0.1, 0.15) is 0 Å². The number of hydrogen-bond acceptors (Lipinski definition) is 5. The first kappa shape index (κ1) is 20.7. The van der Waals surface area contributed by atoms with Gasteiger partial charge in [-0.2, -0.15) is 0 Å². The molecule has 2 aromatic carbocycles. The van der Waals surface area contributed by atoms with Crippen LogP contribution >= 0.6 is 0 Å². The number of benzene rings is 2. The molecule has 4 rings (SSSR count). The Hall–Kier alpha value is -2.58. The minimum Gasteiger partial charge on any atom is -0.493 e. The second-order valence-electron chi connectivity index (χ2n) is 7.88. The van der Waals surface area contributed by atoms with E-state index in [1.807, 2.05) is 18.2 Å². The van der Waals surface area contributed by atoms with Gasteiger partial charge in [-0.25, -0.2) is 13.6 Å². The van der Waals surface area contributed by atoms with Crippen molar-refractivity contribution in [1.29, 1.82) is 0 Å². The van der Waals surface area contributed by atoms with Crippen molar-refractivity contribution in [3.8, 4) is 11.5 Å². The summed E-state index contributed by atoms with van der Waals surface area (Å²) in [4.78, 5) is 14.3. The first-order valence-electron chi connectivity index (χ1n) is 10.1. The number of ether oxygens (including phenoxy) is 2. The van der Waals surface area contributed by atoms with E-state index >= 15 is 0 Å². The lowest BCUT2D eigenvalue weighted by atomic mass is 9.98. The normalized spacial score (nSPS) is 20.0. The van der Waals surface area contributed by atoms with E-state index in [4.69, 9.17) is 14.6 Å². The molecule has 1 heterocycles. The van der Waals surface area contributed by atoms with Crippen molar-refractivity contribution in [1.82, 2.24) is 0 Å². The molecule has 1 amide bonds. The van der Waals surface area contributed by atoms with E-state index in [-0.39, 0.29) is 22.8 Å². The van der Waals surface area contributed by atoms with E-state index in [2.05, 4.69) is 0 Å². The molecule has 1 saturated carbocycles. The highest BCUT2D eigenvalue weighted by Gasteiger charge is 2.32. The molecule has 2 N–H and O–H groups in total. The summed E-state index contributed by atoms with van der Waals surface area (Å²) in [6.07, 6.45) is 4.99. The predicted octanol–water partition coefficient (Wildman–Crippen LogP) is 3.18. The second-order valence-corrected chi connectivity index (χ2v) is 9.44. The van der Waals surface area contributed by atoms with Gasteiger partial charge in [0.25, 0.3) is 0 Å². The number of sulfonamides is 1. The van der Waals surface area contributed by atoms with Gasteiger partial charge >= 0.3 is 0 Å². The Labute approximate surface area is 176 Å². The van der Waals surface area contributed by atoms with Crippen molar-refractivity contribution >= 4 is 21.6 Å². The van der Waals surface area contributed by atoms with E-state index in [0.29, 0.717) is 30.2 Å². The number of methoxy groups -OCH3 is 1. The summed E-state index contributed by atoms with van der Waals surface area (Å²) in [6.45, 7) is 0.460. The molecule has 2 aromatic rings. The Morgan fingerprint density at radius 3 is 2.53 bits per heavy atom. The van der Waals surface area contributed by atoms with Crippen LogP contribution in [0.15, 0.2) is 47.4 Å². The van der Waals surface area contributed by atoms with Crippen LogP contribution < -0.4 is 19.5 Å². The van der Waals surface area contributed by atoms with Crippen LogP contribution in [0.25, 0.3) is 0 Å². The molecule has 0 radical (unpaired) electrons. The first-order valence-corrected chi connectivity index (χ1v) is 11.7. The summed E-state index contributed by atoms with van der Waals surface area (Å²) < 4.78 is 35.0. The van der Waals surface area contributed by atoms with Gasteiger partial charge < -0.3 is 14.4 Å². The van der Waals surface area contributed by atoms with Crippen molar-refractivity contribution in [2.45, 2.75) is 49.0 Å². The minimum absolute atomic E-state index is 0.00653. The van der Waals surface area contributed by atoms with E-state index in [9.17, 15) is 13.2 Å². The molecule has 1 saturated heterocycles. The molecule has 8 heteroatoms. The maximum Gasteiger partial charge on any atom is 0.238 e. The molecule has 2 fully saturated rings. The molecular weight excluding hydrogens is 404 g/mol. The van der Waals surface area contributed by atoms with Gasteiger partial charge in [0, 0.05) is 24.6 Å². The lowest BCUT2D eigenvalue weighted by molar-refractivity contribution is -0.117. The highest BCUT2D eigenvalue weighted by atomic mass is 32.2. The average molecular weight is 431 g/mol. The van der Waals surface area contributed by atoms with Gasteiger partial charge in [0.05, 0.1) is 18.1 Å². The van der Waals surface area contributed by atoms with E-state index < -0.39 is 10.0 Å². The standard InChI is InChI=1S/C22H26N2O5S/c1-28-20-10-9-15(11-21(20)29-18-6-2-3-7-18)16-12-22(25)24(14-16)17-5-4-8-19(13-17)30(23,26)27/h4-5,8-11,13,16,18H,2-3,6-7,12,14H2,1H3,(H2,23,26,27)/t16-/m0/s1. The largest absolute Gasteiger partial charge is 0.493 e. The summed E-state index contributed by atoms with van der Waals surface area (Å²) in [5.41, 5.74) is 1.53. The Kier molecular flexibility index (Phi) is 5.71.